The molecule has 2 heterocycles. The van der Waals surface area contributed by atoms with Crippen molar-refractivity contribution in [3.63, 3.8) is 0 Å². The van der Waals surface area contributed by atoms with Crippen molar-refractivity contribution in [2.24, 2.45) is 0 Å². The zero-order valence-corrected chi connectivity index (χ0v) is 18.0. The third-order valence-corrected chi connectivity index (χ3v) is 7.50. The summed E-state index contributed by atoms with van der Waals surface area (Å²) in [7, 11) is 0. The third kappa shape index (κ3) is 3.52. The molecule has 0 radical (unpaired) electrons. The molecular weight excluding hydrogens is 378 g/mol. The van der Waals surface area contributed by atoms with Crippen molar-refractivity contribution in [2.45, 2.75) is 39.5 Å². The average Bonchev–Trinajstić information content (AvgIpc) is 3.16. The number of fused-ring (bicyclic) bond motifs is 2. The Morgan fingerprint density at radius 1 is 0.931 bits per heavy atom. The number of piperazine rings is 1. The highest BCUT2D eigenvalue weighted by Crippen LogP contribution is 2.31. The van der Waals surface area contributed by atoms with Crippen molar-refractivity contribution in [3.05, 3.63) is 58.1 Å². The normalized spacial score (nSPS) is 16.9. The van der Waals surface area contributed by atoms with Crippen molar-refractivity contribution < 1.29 is 4.79 Å². The second kappa shape index (κ2) is 7.45. The molecule has 1 aromatic heterocycles. The van der Waals surface area contributed by atoms with E-state index in [2.05, 4.69) is 43.0 Å². The fourth-order valence-corrected chi connectivity index (χ4v) is 5.55. The third-order valence-electron chi connectivity index (χ3n) is 6.43. The Balaban J connectivity index is 1.28. The molecule has 0 saturated carbocycles. The van der Waals surface area contributed by atoms with Crippen molar-refractivity contribution in [2.75, 3.05) is 31.1 Å². The lowest BCUT2D eigenvalue weighted by molar-refractivity contribution is 0.0746. The number of carbonyl (C=O) groups is 1. The van der Waals surface area contributed by atoms with Crippen LogP contribution in [0, 0.1) is 13.8 Å². The highest BCUT2D eigenvalue weighted by Gasteiger charge is 2.24. The van der Waals surface area contributed by atoms with E-state index in [0.29, 0.717) is 0 Å². The first-order valence-electron chi connectivity index (χ1n) is 10.6. The second-order valence-corrected chi connectivity index (χ2v) is 9.38. The van der Waals surface area contributed by atoms with Crippen molar-refractivity contribution >= 4 is 32.6 Å². The van der Waals surface area contributed by atoms with Crippen LogP contribution in [0.4, 0.5) is 5.13 Å². The number of aromatic nitrogens is 1. The minimum atomic E-state index is 0.175. The number of aryl methyl sites for hydroxylation is 4. The Kier molecular flexibility index (Phi) is 4.78. The number of benzene rings is 2. The molecule has 1 fully saturated rings. The van der Waals surface area contributed by atoms with Crippen LogP contribution in [-0.2, 0) is 12.8 Å². The van der Waals surface area contributed by atoms with Crippen LogP contribution >= 0.6 is 11.3 Å². The number of thiazole rings is 1. The Labute approximate surface area is 176 Å². The molecule has 2 aromatic carbocycles. The standard InChI is InChI=1S/C24H27N3OS/c1-16-13-21-22(14-17(16)2)29-24(25-21)27-11-9-26(10-12-27)23(28)20-8-7-18-5-3-4-6-19(18)15-20/h7-8,13-15H,3-6,9-12H2,1-2H3. The maximum atomic E-state index is 13.0. The van der Waals surface area contributed by atoms with Crippen LogP contribution in [0.15, 0.2) is 30.3 Å². The van der Waals surface area contributed by atoms with Gasteiger partial charge >= 0.3 is 0 Å². The van der Waals surface area contributed by atoms with Gasteiger partial charge < -0.3 is 9.80 Å². The Morgan fingerprint density at radius 3 is 2.45 bits per heavy atom. The molecule has 4 nitrogen and oxygen atoms in total. The summed E-state index contributed by atoms with van der Waals surface area (Å²) in [6.45, 7) is 7.48. The van der Waals surface area contributed by atoms with Gasteiger partial charge in [0.15, 0.2) is 5.13 Å². The van der Waals surface area contributed by atoms with Gasteiger partial charge in [-0.2, -0.15) is 0 Å². The summed E-state index contributed by atoms with van der Waals surface area (Å²) in [5.74, 6) is 0.175. The van der Waals surface area contributed by atoms with Crippen molar-refractivity contribution in [3.8, 4) is 0 Å². The van der Waals surface area contributed by atoms with E-state index in [0.717, 1.165) is 55.2 Å². The lowest BCUT2D eigenvalue weighted by Crippen LogP contribution is -2.48. The first-order chi connectivity index (χ1) is 14.1. The van der Waals surface area contributed by atoms with E-state index in [4.69, 9.17) is 4.98 Å². The average molecular weight is 406 g/mol. The molecule has 0 spiro atoms. The number of amides is 1. The summed E-state index contributed by atoms with van der Waals surface area (Å²) >= 11 is 1.76. The monoisotopic (exact) mass is 405 g/mol. The number of hydrogen-bond donors (Lipinski definition) is 0. The van der Waals surface area contributed by atoms with Crippen LogP contribution in [0.2, 0.25) is 0 Å². The van der Waals surface area contributed by atoms with E-state index >= 15 is 0 Å². The van der Waals surface area contributed by atoms with Gasteiger partial charge in [-0.05, 0) is 86.1 Å². The minimum Gasteiger partial charge on any atom is -0.345 e. The number of nitrogens with zero attached hydrogens (tertiary/aromatic N) is 3. The summed E-state index contributed by atoms with van der Waals surface area (Å²) in [6.07, 6.45) is 4.78. The van der Waals surface area contributed by atoms with E-state index in [1.807, 2.05) is 11.0 Å². The molecule has 0 atom stereocenters. The molecule has 150 valence electrons. The van der Waals surface area contributed by atoms with Gasteiger partial charge in [-0.15, -0.1) is 0 Å². The SMILES string of the molecule is Cc1cc2nc(N3CCN(C(=O)c4ccc5c(c4)CCCC5)CC3)sc2cc1C. The van der Waals surface area contributed by atoms with Gasteiger partial charge in [-0.3, -0.25) is 4.79 Å². The van der Waals surface area contributed by atoms with Gasteiger partial charge in [0.2, 0.25) is 0 Å². The molecular formula is C24H27N3OS. The first-order valence-corrected chi connectivity index (χ1v) is 11.4. The van der Waals surface area contributed by atoms with Gasteiger partial charge in [0.1, 0.15) is 0 Å². The topological polar surface area (TPSA) is 36.4 Å². The van der Waals surface area contributed by atoms with E-state index in [9.17, 15) is 4.79 Å². The van der Waals surface area contributed by atoms with Crippen molar-refractivity contribution in [1.29, 1.82) is 0 Å². The van der Waals surface area contributed by atoms with Crippen LogP contribution in [0.25, 0.3) is 10.2 Å². The largest absolute Gasteiger partial charge is 0.345 e. The van der Waals surface area contributed by atoms with Crippen LogP contribution in [-0.4, -0.2) is 42.0 Å². The summed E-state index contributed by atoms with van der Waals surface area (Å²) < 4.78 is 1.25. The molecule has 0 unspecified atom stereocenters. The number of carbonyl (C=O) groups excluding carboxylic acids is 1. The predicted octanol–water partition coefficient (Wildman–Crippen LogP) is 4.75. The second-order valence-electron chi connectivity index (χ2n) is 8.37. The Hall–Kier alpha value is -2.40. The number of hydrogen-bond acceptors (Lipinski definition) is 4. The molecule has 2 aliphatic rings. The van der Waals surface area contributed by atoms with Gasteiger partial charge in [-0.1, -0.05) is 17.4 Å². The summed E-state index contributed by atoms with van der Waals surface area (Å²) in [6, 6.07) is 10.8. The Morgan fingerprint density at radius 2 is 1.66 bits per heavy atom. The molecule has 3 aromatic rings. The predicted molar refractivity (Wildman–Crippen MR) is 120 cm³/mol. The maximum Gasteiger partial charge on any atom is 0.253 e. The zero-order chi connectivity index (χ0) is 20.0. The van der Waals surface area contributed by atoms with E-state index < -0.39 is 0 Å². The lowest BCUT2D eigenvalue weighted by Gasteiger charge is -2.34. The lowest BCUT2D eigenvalue weighted by atomic mass is 9.90. The summed E-state index contributed by atoms with van der Waals surface area (Å²) in [5, 5.41) is 1.07. The summed E-state index contributed by atoms with van der Waals surface area (Å²) in [4.78, 5) is 22.2. The van der Waals surface area contributed by atoms with Crippen LogP contribution in [0.5, 0.6) is 0 Å². The Bertz CT molecular complexity index is 1040. The number of anilines is 1. The fourth-order valence-electron chi connectivity index (χ4n) is 4.45. The molecule has 1 saturated heterocycles. The van der Waals surface area contributed by atoms with Crippen LogP contribution < -0.4 is 4.90 Å². The molecule has 1 aliphatic carbocycles. The van der Waals surface area contributed by atoms with E-state index in [1.165, 1.54) is 39.8 Å². The quantitative estimate of drug-likeness (QED) is 0.617. The van der Waals surface area contributed by atoms with Gasteiger partial charge in [0, 0.05) is 31.7 Å². The highest BCUT2D eigenvalue weighted by atomic mass is 32.1. The first kappa shape index (κ1) is 18.6. The molecule has 1 aliphatic heterocycles. The van der Waals surface area contributed by atoms with Gasteiger partial charge in [0.05, 0.1) is 10.2 Å². The molecule has 29 heavy (non-hydrogen) atoms. The van der Waals surface area contributed by atoms with Crippen molar-refractivity contribution in [1.82, 2.24) is 9.88 Å². The van der Waals surface area contributed by atoms with E-state index in [-0.39, 0.29) is 5.91 Å². The van der Waals surface area contributed by atoms with E-state index in [1.54, 1.807) is 11.3 Å². The van der Waals surface area contributed by atoms with Gasteiger partial charge in [-0.25, -0.2) is 4.98 Å². The highest BCUT2D eigenvalue weighted by molar-refractivity contribution is 7.22. The fraction of sp³-hybridized carbons (Fsp3) is 0.417. The molecule has 5 rings (SSSR count). The smallest absolute Gasteiger partial charge is 0.253 e. The van der Waals surface area contributed by atoms with Crippen LogP contribution in [0.1, 0.15) is 45.5 Å². The molecule has 0 N–H and O–H groups in total. The number of rotatable bonds is 2. The van der Waals surface area contributed by atoms with Crippen LogP contribution in [0.3, 0.4) is 0 Å². The zero-order valence-electron chi connectivity index (χ0n) is 17.2. The van der Waals surface area contributed by atoms with Gasteiger partial charge in [0.25, 0.3) is 5.91 Å². The molecule has 0 bridgehead atoms. The minimum absolute atomic E-state index is 0.175. The summed E-state index contributed by atoms with van der Waals surface area (Å²) in [5.41, 5.74) is 7.34. The molecule has 5 heteroatoms. The maximum absolute atomic E-state index is 13.0. The molecule has 1 amide bonds.